The summed E-state index contributed by atoms with van der Waals surface area (Å²) < 4.78 is 2.19. The van der Waals surface area contributed by atoms with Crippen LogP contribution in [-0.4, -0.2) is 29.2 Å². The lowest BCUT2D eigenvalue weighted by atomic mass is 9.88. The molecule has 2 aliphatic heterocycles. The van der Waals surface area contributed by atoms with E-state index in [1.165, 1.54) is 6.42 Å². The van der Waals surface area contributed by atoms with Crippen molar-refractivity contribution >= 4 is 44.9 Å². The highest BCUT2D eigenvalue weighted by molar-refractivity contribution is 8.00. The van der Waals surface area contributed by atoms with E-state index in [1.54, 1.807) is 23.1 Å². The summed E-state index contributed by atoms with van der Waals surface area (Å²) in [6.45, 7) is 0. The van der Waals surface area contributed by atoms with Crippen molar-refractivity contribution in [3.8, 4) is 0 Å². The Hall–Kier alpha value is -1.11. The van der Waals surface area contributed by atoms with Crippen molar-refractivity contribution in [1.82, 2.24) is 10.3 Å². The number of hydrogen-bond acceptors (Lipinski definition) is 5. The normalized spacial score (nSPS) is 27.4. The third-order valence-electron chi connectivity index (χ3n) is 4.45. The molecule has 4 rings (SSSR count). The predicted molar refractivity (Wildman–Crippen MR) is 88.1 cm³/mol. The van der Waals surface area contributed by atoms with Gasteiger partial charge in [-0.3, -0.25) is 4.79 Å². The molecular weight excluding hydrogens is 302 g/mol. The van der Waals surface area contributed by atoms with Crippen molar-refractivity contribution < 1.29 is 4.79 Å². The van der Waals surface area contributed by atoms with Crippen LogP contribution in [0.2, 0.25) is 0 Å². The summed E-state index contributed by atoms with van der Waals surface area (Å²) in [5, 5.41) is 6.59. The molecule has 3 unspecified atom stereocenters. The third-order valence-corrected chi connectivity index (χ3v) is 6.45. The van der Waals surface area contributed by atoms with E-state index < -0.39 is 0 Å². The summed E-state index contributed by atoms with van der Waals surface area (Å²) in [6, 6.07) is 6.90. The van der Waals surface area contributed by atoms with Crippen LogP contribution in [0, 0.1) is 5.92 Å². The molecule has 2 N–H and O–H groups in total. The molecule has 3 atom stereocenters. The van der Waals surface area contributed by atoms with Gasteiger partial charge in [0.25, 0.3) is 0 Å². The zero-order chi connectivity index (χ0) is 14.4. The maximum atomic E-state index is 12.4. The summed E-state index contributed by atoms with van der Waals surface area (Å²) in [4.78, 5) is 17.0. The predicted octanol–water partition coefficient (Wildman–Crippen LogP) is 3.10. The molecule has 110 valence electrons. The summed E-state index contributed by atoms with van der Waals surface area (Å²) >= 11 is 3.33. The Morgan fingerprint density at radius 2 is 2.38 bits per heavy atom. The van der Waals surface area contributed by atoms with Gasteiger partial charge in [-0.25, -0.2) is 4.98 Å². The smallest absolute Gasteiger partial charge is 0.229 e. The molecule has 21 heavy (non-hydrogen) atoms. The van der Waals surface area contributed by atoms with Crippen LogP contribution in [0.3, 0.4) is 0 Å². The minimum atomic E-state index is 0.127. The highest BCUT2D eigenvalue weighted by atomic mass is 32.2. The van der Waals surface area contributed by atoms with Crippen LogP contribution >= 0.6 is 23.1 Å². The Morgan fingerprint density at radius 1 is 1.48 bits per heavy atom. The third kappa shape index (κ3) is 2.45. The Morgan fingerprint density at radius 3 is 3.10 bits per heavy atom. The summed E-state index contributed by atoms with van der Waals surface area (Å²) in [5.74, 6) is 0.284. The van der Waals surface area contributed by atoms with Crippen molar-refractivity contribution in [2.45, 2.75) is 35.7 Å². The first kappa shape index (κ1) is 13.5. The van der Waals surface area contributed by atoms with Gasteiger partial charge in [0.1, 0.15) is 0 Å². The Kier molecular flexibility index (Phi) is 3.40. The van der Waals surface area contributed by atoms with E-state index in [-0.39, 0.29) is 11.8 Å². The number of anilines is 1. The molecule has 2 aliphatic rings. The van der Waals surface area contributed by atoms with Gasteiger partial charge in [-0.15, -0.1) is 11.3 Å². The van der Waals surface area contributed by atoms with Crippen LogP contribution in [0.4, 0.5) is 5.69 Å². The summed E-state index contributed by atoms with van der Waals surface area (Å²) in [6.07, 6.45) is 5.37. The molecule has 4 nitrogen and oxygen atoms in total. The zero-order valence-corrected chi connectivity index (χ0v) is 13.4. The van der Waals surface area contributed by atoms with E-state index in [0.717, 1.165) is 33.1 Å². The van der Waals surface area contributed by atoms with Crippen LogP contribution < -0.4 is 10.6 Å². The molecule has 6 heteroatoms. The maximum absolute atomic E-state index is 12.4. The number of benzene rings is 1. The average molecular weight is 319 g/mol. The highest BCUT2D eigenvalue weighted by Gasteiger charge is 2.42. The van der Waals surface area contributed by atoms with Gasteiger partial charge in [0.05, 0.1) is 16.1 Å². The quantitative estimate of drug-likeness (QED) is 0.854. The second kappa shape index (κ2) is 5.26. The van der Waals surface area contributed by atoms with Crippen LogP contribution in [0.5, 0.6) is 0 Å². The molecule has 2 bridgehead atoms. The number of thiazole rings is 1. The number of nitrogens with zero attached hydrogens (tertiary/aromatic N) is 1. The first-order valence-corrected chi connectivity index (χ1v) is 9.28. The van der Waals surface area contributed by atoms with E-state index in [9.17, 15) is 4.79 Å². The number of rotatable bonds is 3. The Labute approximate surface area is 131 Å². The molecule has 2 fully saturated rings. The van der Waals surface area contributed by atoms with Crippen molar-refractivity contribution in [1.29, 1.82) is 0 Å². The van der Waals surface area contributed by atoms with E-state index >= 15 is 0 Å². The average Bonchev–Trinajstić information content (AvgIpc) is 3.20. The molecule has 2 aromatic rings. The second-order valence-corrected chi connectivity index (χ2v) is 7.83. The van der Waals surface area contributed by atoms with Gasteiger partial charge in [-0.1, -0.05) is 11.8 Å². The van der Waals surface area contributed by atoms with E-state index in [0.29, 0.717) is 12.1 Å². The molecule has 0 saturated carbocycles. The number of carbonyl (C=O) groups excluding carboxylic acids is 1. The number of fused-ring (bicyclic) bond motifs is 3. The molecule has 2 saturated heterocycles. The molecule has 1 aromatic heterocycles. The number of hydrogen-bond donors (Lipinski definition) is 2. The van der Waals surface area contributed by atoms with Gasteiger partial charge in [0.15, 0.2) is 4.34 Å². The molecule has 3 heterocycles. The van der Waals surface area contributed by atoms with Gasteiger partial charge in [0, 0.05) is 17.8 Å². The zero-order valence-electron chi connectivity index (χ0n) is 11.8. The van der Waals surface area contributed by atoms with Crippen LogP contribution in [-0.2, 0) is 4.79 Å². The topological polar surface area (TPSA) is 54.0 Å². The number of thioether (sulfide) groups is 1. The number of carbonyl (C=O) groups is 1. The van der Waals surface area contributed by atoms with Crippen molar-refractivity contribution in [2.75, 3.05) is 11.6 Å². The SMILES string of the molecule is CSc1nc2ccc(NC(=O)C3CC4CCC3N4)cc2s1. The van der Waals surface area contributed by atoms with Crippen LogP contribution in [0.1, 0.15) is 19.3 Å². The highest BCUT2D eigenvalue weighted by Crippen LogP contribution is 2.34. The van der Waals surface area contributed by atoms with E-state index in [2.05, 4.69) is 15.6 Å². The lowest BCUT2D eigenvalue weighted by molar-refractivity contribution is -0.120. The Balaban J connectivity index is 1.52. The fourth-order valence-corrected chi connectivity index (χ4v) is 4.95. The summed E-state index contributed by atoms with van der Waals surface area (Å²) in [5.41, 5.74) is 1.88. The van der Waals surface area contributed by atoms with Crippen LogP contribution in [0.25, 0.3) is 10.2 Å². The number of amides is 1. The largest absolute Gasteiger partial charge is 0.326 e. The fourth-order valence-electron chi connectivity index (χ4n) is 3.42. The number of nitrogens with one attached hydrogen (secondary N) is 2. The molecule has 1 aromatic carbocycles. The second-order valence-electron chi connectivity index (χ2n) is 5.75. The first-order chi connectivity index (χ1) is 10.2. The molecule has 1 amide bonds. The monoisotopic (exact) mass is 319 g/mol. The Bertz CT molecular complexity index is 699. The van der Waals surface area contributed by atoms with E-state index in [4.69, 9.17) is 0 Å². The molecule has 0 aliphatic carbocycles. The lowest BCUT2D eigenvalue weighted by Crippen LogP contribution is -2.32. The maximum Gasteiger partial charge on any atom is 0.229 e. The first-order valence-electron chi connectivity index (χ1n) is 7.24. The van der Waals surface area contributed by atoms with Gasteiger partial charge >= 0.3 is 0 Å². The lowest BCUT2D eigenvalue weighted by Gasteiger charge is -2.19. The minimum Gasteiger partial charge on any atom is -0.326 e. The van der Waals surface area contributed by atoms with Gasteiger partial charge in [0.2, 0.25) is 5.91 Å². The fraction of sp³-hybridized carbons (Fsp3) is 0.467. The van der Waals surface area contributed by atoms with Gasteiger partial charge < -0.3 is 10.6 Å². The van der Waals surface area contributed by atoms with Crippen molar-refractivity contribution in [3.63, 3.8) is 0 Å². The van der Waals surface area contributed by atoms with Gasteiger partial charge in [-0.2, -0.15) is 0 Å². The van der Waals surface area contributed by atoms with E-state index in [1.807, 2.05) is 24.5 Å². The van der Waals surface area contributed by atoms with Crippen LogP contribution in [0.15, 0.2) is 22.5 Å². The minimum absolute atomic E-state index is 0.127. The standard InChI is InChI=1S/C15H17N3OS2/c1-20-15-18-12-5-3-9(7-13(12)21-15)17-14(19)10-6-8-2-4-11(10)16-8/h3,5,7-8,10-11,16H,2,4,6H2,1H3,(H,17,19). The molecule has 0 radical (unpaired) electrons. The summed E-state index contributed by atoms with van der Waals surface area (Å²) in [7, 11) is 0. The van der Waals surface area contributed by atoms with Crippen molar-refractivity contribution in [2.24, 2.45) is 5.92 Å². The molecular formula is C15H17N3OS2. The number of aromatic nitrogens is 1. The van der Waals surface area contributed by atoms with Gasteiger partial charge in [-0.05, 0) is 43.7 Å². The molecule has 0 spiro atoms. The van der Waals surface area contributed by atoms with Crippen molar-refractivity contribution in [3.05, 3.63) is 18.2 Å².